The number of sulfonamides is 1. The Labute approximate surface area is 139 Å². The number of hydrogen-bond donors (Lipinski definition) is 0. The summed E-state index contributed by atoms with van der Waals surface area (Å²) in [6.45, 7) is 3.52. The number of hydrogen-bond acceptors (Lipinski definition) is 6. The largest absolute Gasteiger partial charge is 0.408 e. The van der Waals surface area contributed by atoms with E-state index in [9.17, 15) is 8.42 Å². The topological polar surface area (TPSA) is 79.5 Å². The first-order valence-corrected chi connectivity index (χ1v) is 9.21. The molecule has 0 unspecified atom stereocenters. The Balaban J connectivity index is 1.65. The van der Waals surface area contributed by atoms with E-state index >= 15 is 0 Å². The molecule has 0 aliphatic carbocycles. The Morgan fingerprint density at radius 1 is 1.17 bits per heavy atom. The van der Waals surface area contributed by atoms with E-state index in [4.69, 9.17) is 16.0 Å². The average molecular weight is 357 g/mol. The van der Waals surface area contributed by atoms with Gasteiger partial charge in [-0.05, 0) is 11.6 Å². The molecule has 7 nitrogen and oxygen atoms in total. The van der Waals surface area contributed by atoms with Gasteiger partial charge >= 0.3 is 6.01 Å². The van der Waals surface area contributed by atoms with Crippen LogP contribution >= 0.6 is 11.6 Å². The zero-order valence-corrected chi connectivity index (χ0v) is 14.2. The van der Waals surface area contributed by atoms with E-state index in [-0.39, 0.29) is 5.75 Å². The number of benzene rings is 1. The van der Waals surface area contributed by atoms with Crippen LogP contribution in [0.3, 0.4) is 0 Å². The van der Waals surface area contributed by atoms with Crippen molar-refractivity contribution >= 4 is 27.6 Å². The molecule has 2 heterocycles. The van der Waals surface area contributed by atoms with E-state index in [0.29, 0.717) is 48.7 Å². The number of aromatic nitrogens is 2. The fourth-order valence-electron chi connectivity index (χ4n) is 2.47. The maximum Gasteiger partial charge on any atom is 0.318 e. The van der Waals surface area contributed by atoms with Crippen LogP contribution in [-0.2, 0) is 15.8 Å². The van der Waals surface area contributed by atoms with Crippen molar-refractivity contribution in [1.29, 1.82) is 0 Å². The van der Waals surface area contributed by atoms with Gasteiger partial charge in [-0.25, -0.2) is 8.42 Å². The molecular weight excluding hydrogens is 340 g/mol. The summed E-state index contributed by atoms with van der Waals surface area (Å²) in [5.74, 6) is 0.403. The quantitative estimate of drug-likeness (QED) is 0.829. The summed E-state index contributed by atoms with van der Waals surface area (Å²) in [4.78, 5) is 1.89. The number of aryl methyl sites for hydroxylation is 1. The van der Waals surface area contributed by atoms with E-state index in [1.54, 1.807) is 31.2 Å². The van der Waals surface area contributed by atoms with Gasteiger partial charge in [-0.3, -0.25) is 0 Å². The van der Waals surface area contributed by atoms with Crippen LogP contribution in [0, 0.1) is 6.92 Å². The molecule has 0 spiro atoms. The Morgan fingerprint density at radius 3 is 2.48 bits per heavy atom. The van der Waals surface area contributed by atoms with E-state index in [1.807, 2.05) is 4.90 Å². The molecule has 1 aliphatic rings. The second-order valence-corrected chi connectivity index (χ2v) is 7.71. The van der Waals surface area contributed by atoms with Crippen LogP contribution in [-0.4, -0.2) is 49.1 Å². The molecule has 0 N–H and O–H groups in total. The second-order valence-electron chi connectivity index (χ2n) is 5.34. The number of anilines is 1. The Hall–Kier alpha value is -1.64. The average Bonchev–Trinajstić information content (AvgIpc) is 2.96. The summed E-state index contributed by atoms with van der Waals surface area (Å²) in [6, 6.07) is 7.43. The van der Waals surface area contributed by atoms with Gasteiger partial charge in [-0.1, -0.05) is 34.9 Å². The predicted molar refractivity (Wildman–Crippen MR) is 86.9 cm³/mol. The van der Waals surface area contributed by atoms with Crippen molar-refractivity contribution in [3.05, 3.63) is 40.7 Å². The van der Waals surface area contributed by atoms with Gasteiger partial charge in [0.2, 0.25) is 15.9 Å². The molecule has 0 radical (unpaired) electrons. The summed E-state index contributed by atoms with van der Waals surface area (Å²) >= 11 is 6.06. The van der Waals surface area contributed by atoms with Crippen molar-refractivity contribution in [1.82, 2.24) is 14.5 Å². The summed E-state index contributed by atoms with van der Waals surface area (Å²) in [7, 11) is -3.40. The third-order valence-electron chi connectivity index (χ3n) is 3.71. The molecule has 2 aromatic rings. The lowest BCUT2D eigenvalue weighted by molar-refractivity contribution is 0.369. The minimum Gasteiger partial charge on any atom is -0.408 e. The highest BCUT2D eigenvalue weighted by Crippen LogP contribution is 2.21. The molecule has 23 heavy (non-hydrogen) atoms. The summed E-state index contributed by atoms with van der Waals surface area (Å²) in [5, 5.41) is 8.22. The van der Waals surface area contributed by atoms with Crippen LogP contribution in [0.4, 0.5) is 6.01 Å². The van der Waals surface area contributed by atoms with Crippen LogP contribution in [0.2, 0.25) is 5.02 Å². The lowest BCUT2D eigenvalue weighted by atomic mass is 10.2. The van der Waals surface area contributed by atoms with E-state index in [0.717, 1.165) is 0 Å². The van der Waals surface area contributed by atoms with E-state index in [1.165, 1.54) is 4.31 Å². The van der Waals surface area contributed by atoms with Crippen LogP contribution in [0.1, 0.15) is 11.5 Å². The van der Waals surface area contributed by atoms with E-state index < -0.39 is 10.0 Å². The predicted octanol–water partition coefficient (Wildman–Crippen LogP) is 1.68. The summed E-state index contributed by atoms with van der Waals surface area (Å²) in [6.07, 6.45) is 0. The van der Waals surface area contributed by atoms with Crippen molar-refractivity contribution in [3.63, 3.8) is 0 Å². The van der Waals surface area contributed by atoms with Crippen molar-refractivity contribution in [2.45, 2.75) is 12.7 Å². The zero-order valence-electron chi connectivity index (χ0n) is 12.6. The lowest BCUT2D eigenvalue weighted by Gasteiger charge is -2.32. The first-order valence-electron chi connectivity index (χ1n) is 7.22. The first kappa shape index (κ1) is 16.2. The van der Waals surface area contributed by atoms with Crippen LogP contribution < -0.4 is 4.90 Å². The van der Waals surface area contributed by atoms with Crippen LogP contribution in [0.15, 0.2) is 28.7 Å². The van der Waals surface area contributed by atoms with Gasteiger partial charge in [0.05, 0.1) is 5.75 Å². The van der Waals surface area contributed by atoms with Gasteiger partial charge in [0, 0.05) is 38.1 Å². The number of nitrogens with zero attached hydrogens (tertiary/aromatic N) is 4. The first-order chi connectivity index (χ1) is 11.0. The lowest BCUT2D eigenvalue weighted by Crippen LogP contribution is -2.49. The fraction of sp³-hybridized carbons (Fsp3) is 0.429. The minimum absolute atomic E-state index is 0.0909. The molecule has 1 aromatic heterocycles. The normalized spacial score (nSPS) is 16.7. The molecule has 0 bridgehead atoms. The molecule has 1 fully saturated rings. The molecule has 1 saturated heterocycles. The van der Waals surface area contributed by atoms with Gasteiger partial charge < -0.3 is 9.32 Å². The van der Waals surface area contributed by atoms with Crippen molar-refractivity contribution in [2.75, 3.05) is 31.1 Å². The maximum absolute atomic E-state index is 12.6. The smallest absolute Gasteiger partial charge is 0.318 e. The molecule has 3 rings (SSSR count). The summed E-state index contributed by atoms with van der Waals surface area (Å²) in [5.41, 5.74) is 0.615. The SMILES string of the molecule is Cc1nnc(N2CCN(S(=O)(=O)Cc3ccccc3Cl)CC2)o1. The zero-order chi connectivity index (χ0) is 16.4. The Kier molecular flexibility index (Phi) is 4.56. The third-order valence-corrected chi connectivity index (χ3v) is 5.91. The number of halogens is 1. The molecule has 9 heteroatoms. The standard InChI is InChI=1S/C14H17ClN4O3S/c1-11-16-17-14(22-11)18-6-8-19(9-7-18)23(20,21)10-12-4-2-3-5-13(12)15/h2-5H,6-10H2,1H3. The third kappa shape index (κ3) is 3.65. The van der Waals surface area contributed by atoms with Crippen molar-refractivity contribution < 1.29 is 12.8 Å². The van der Waals surface area contributed by atoms with Gasteiger partial charge in [-0.2, -0.15) is 4.31 Å². The number of piperazine rings is 1. The highest BCUT2D eigenvalue weighted by Gasteiger charge is 2.29. The van der Waals surface area contributed by atoms with Crippen molar-refractivity contribution in [2.24, 2.45) is 0 Å². The molecule has 124 valence electrons. The maximum atomic E-state index is 12.6. The molecule has 0 amide bonds. The van der Waals surface area contributed by atoms with Crippen molar-refractivity contribution in [3.8, 4) is 0 Å². The van der Waals surface area contributed by atoms with E-state index in [2.05, 4.69) is 10.2 Å². The molecule has 0 atom stereocenters. The number of rotatable bonds is 4. The molecule has 0 saturated carbocycles. The van der Waals surface area contributed by atoms with Gasteiger partial charge in [-0.15, -0.1) is 5.10 Å². The summed E-state index contributed by atoms with van der Waals surface area (Å²) < 4.78 is 32.0. The highest BCUT2D eigenvalue weighted by atomic mass is 35.5. The fourth-order valence-corrected chi connectivity index (χ4v) is 4.30. The van der Waals surface area contributed by atoms with Crippen LogP contribution in [0.25, 0.3) is 0 Å². The highest BCUT2D eigenvalue weighted by molar-refractivity contribution is 7.88. The Morgan fingerprint density at radius 2 is 1.87 bits per heavy atom. The molecular formula is C14H17ClN4O3S. The second kappa shape index (κ2) is 6.46. The molecule has 1 aromatic carbocycles. The minimum atomic E-state index is -3.40. The molecule has 1 aliphatic heterocycles. The Bertz CT molecular complexity index is 785. The van der Waals surface area contributed by atoms with Crippen LogP contribution in [0.5, 0.6) is 0 Å². The van der Waals surface area contributed by atoms with Gasteiger partial charge in [0.1, 0.15) is 0 Å². The van der Waals surface area contributed by atoms with Gasteiger partial charge in [0.15, 0.2) is 0 Å². The van der Waals surface area contributed by atoms with Gasteiger partial charge in [0.25, 0.3) is 0 Å². The monoisotopic (exact) mass is 356 g/mol.